The normalized spacial score (nSPS) is 19.9. The lowest BCUT2D eigenvalue weighted by Crippen LogP contribution is -2.48. The van der Waals surface area contributed by atoms with Gasteiger partial charge in [-0.1, -0.05) is 25.4 Å². The van der Waals surface area contributed by atoms with E-state index in [0.717, 1.165) is 18.7 Å². The molecule has 0 unspecified atom stereocenters. The third kappa shape index (κ3) is 6.72. The quantitative estimate of drug-likeness (QED) is 0.651. The second-order valence-electron chi connectivity index (χ2n) is 9.66. The van der Waals surface area contributed by atoms with E-state index in [1.165, 1.54) is 4.90 Å². The number of fused-ring (bicyclic) bond motifs is 1. The Morgan fingerprint density at radius 1 is 1.17 bits per heavy atom. The number of hydrogen-bond acceptors (Lipinski definition) is 6. The molecule has 2 aliphatic rings. The maximum absolute atomic E-state index is 13.2. The number of rotatable bonds is 3. The second-order valence-corrected chi connectivity index (χ2v) is 10.1. The van der Waals surface area contributed by atoms with E-state index in [-0.39, 0.29) is 42.8 Å². The number of aromatic nitrogens is 2. The van der Waals surface area contributed by atoms with Crippen LogP contribution in [-0.2, 0) is 4.79 Å². The van der Waals surface area contributed by atoms with Crippen molar-refractivity contribution in [2.45, 2.75) is 51.5 Å². The van der Waals surface area contributed by atoms with Crippen LogP contribution >= 0.6 is 11.6 Å². The highest BCUT2D eigenvalue weighted by Gasteiger charge is 2.28. The summed E-state index contributed by atoms with van der Waals surface area (Å²) in [5.41, 5.74) is 0.701. The minimum absolute atomic E-state index is 0.0572. The van der Waals surface area contributed by atoms with Gasteiger partial charge in [-0.2, -0.15) is 0 Å². The Bertz CT molecular complexity index is 1100. The van der Waals surface area contributed by atoms with Crippen LogP contribution < -0.4 is 15.4 Å². The van der Waals surface area contributed by atoms with Crippen LogP contribution in [0, 0.1) is 5.92 Å². The van der Waals surface area contributed by atoms with Crippen molar-refractivity contribution < 1.29 is 19.1 Å². The predicted molar refractivity (Wildman–Crippen MR) is 135 cm³/mol. The van der Waals surface area contributed by atoms with E-state index < -0.39 is 0 Å². The Morgan fingerprint density at radius 3 is 2.61 bits per heavy atom. The van der Waals surface area contributed by atoms with Gasteiger partial charge in [0.25, 0.3) is 11.8 Å². The van der Waals surface area contributed by atoms with Gasteiger partial charge in [-0.15, -0.1) is 0 Å². The van der Waals surface area contributed by atoms with Gasteiger partial charge in [0.1, 0.15) is 18.2 Å². The maximum atomic E-state index is 13.2. The van der Waals surface area contributed by atoms with E-state index in [1.54, 1.807) is 30.6 Å². The predicted octanol–water partition coefficient (Wildman–Crippen LogP) is 3.19. The molecule has 0 radical (unpaired) electrons. The van der Waals surface area contributed by atoms with Crippen LogP contribution in [0.5, 0.6) is 5.75 Å². The number of halogens is 1. The molecular weight excluding hydrogens is 482 g/mol. The molecule has 0 bridgehead atoms. The van der Waals surface area contributed by atoms with Crippen LogP contribution in [0.3, 0.4) is 0 Å². The maximum Gasteiger partial charge on any atom is 0.257 e. The number of hydrogen-bond donors (Lipinski definition) is 2. The monoisotopic (exact) mass is 513 g/mol. The summed E-state index contributed by atoms with van der Waals surface area (Å²) >= 11 is 6.12. The van der Waals surface area contributed by atoms with Gasteiger partial charge in [-0.25, -0.2) is 9.97 Å². The van der Waals surface area contributed by atoms with Gasteiger partial charge in [0.2, 0.25) is 5.91 Å². The third-order valence-electron chi connectivity index (χ3n) is 6.38. The highest BCUT2D eigenvalue weighted by atomic mass is 35.5. The fourth-order valence-corrected chi connectivity index (χ4v) is 4.14. The van der Waals surface area contributed by atoms with Gasteiger partial charge in [0, 0.05) is 36.4 Å². The third-order valence-corrected chi connectivity index (χ3v) is 6.61. The van der Waals surface area contributed by atoms with Crippen LogP contribution in [-0.4, -0.2) is 64.9 Å². The molecule has 2 heterocycles. The molecule has 0 saturated heterocycles. The summed E-state index contributed by atoms with van der Waals surface area (Å²) in [5.74, 6) is 0.764. The Morgan fingerprint density at radius 2 is 1.92 bits per heavy atom. The Hall–Kier alpha value is -3.20. The molecule has 1 atom stereocenters. The summed E-state index contributed by atoms with van der Waals surface area (Å²) in [6.07, 6.45) is 6.48. The molecule has 10 heteroatoms. The van der Waals surface area contributed by atoms with Gasteiger partial charge in [-0.3, -0.25) is 14.4 Å². The molecule has 2 N–H and O–H groups in total. The fourth-order valence-electron chi connectivity index (χ4n) is 3.97. The Balaban J connectivity index is 1.51. The van der Waals surface area contributed by atoms with Gasteiger partial charge >= 0.3 is 0 Å². The first-order valence-electron chi connectivity index (χ1n) is 12.4. The number of ether oxygens (including phenoxy) is 1. The first-order chi connectivity index (χ1) is 17.3. The van der Waals surface area contributed by atoms with E-state index in [1.807, 2.05) is 13.8 Å². The largest absolute Gasteiger partial charge is 0.491 e. The molecule has 1 fully saturated rings. The van der Waals surface area contributed by atoms with Crippen molar-refractivity contribution in [1.29, 1.82) is 0 Å². The highest BCUT2D eigenvalue weighted by molar-refractivity contribution is 6.31. The first-order valence-corrected chi connectivity index (χ1v) is 12.8. The summed E-state index contributed by atoms with van der Waals surface area (Å²) in [5, 5.41) is 6.32. The van der Waals surface area contributed by atoms with E-state index in [2.05, 4.69) is 20.6 Å². The molecule has 36 heavy (non-hydrogen) atoms. The molecule has 1 aliphatic carbocycles. The summed E-state index contributed by atoms with van der Waals surface area (Å²) in [6.45, 7) is 4.78. The number of benzene rings is 1. The summed E-state index contributed by atoms with van der Waals surface area (Å²) < 4.78 is 5.96. The number of carbonyl (C=O) groups excluding carboxylic acids is 3. The summed E-state index contributed by atoms with van der Waals surface area (Å²) in [7, 11) is 0. The molecule has 192 valence electrons. The SMILES string of the molecule is CC(C)[C@@H]1COc2ccc(Cl)cc2C(=O)NCCCCN(C(=O)c2cnc(C3CC3)nc2)CC(=O)N1. The lowest BCUT2D eigenvalue weighted by Gasteiger charge is -2.26. The zero-order chi connectivity index (χ0) is 25.7. The van der Waals surface area contributed by atoms with Crippen LogP contribution in [0.2, 0.25) is 5.02 Å². The van der Waals surface area contributed by atoms with Crippen LogP contribution in [0.4, 0.5) is 0 Å². The molecule has 9 nitrogen and oxygen atoms in total. The van der Waals surface area contributed by atoms with E-state index in [0.29, 0.717) is 53.7 Å². The van der Waals surface area contributed by atoms with Gasteiger partial charge in [-0.05, 0) is 49.8 Å². The van der Waals surface area contributed by atoms with Gasteiger partial charge < -0.3 is 20.3 Å². The van der Waals surface area contributed by atoms with E-state index in [4.69, 9.17) is 16.3 Å². The average molecular weight is 514 g/mol. The van der Waals surface area contributed by atoms with Crippen LogP contribution in [0.15, 0.2) is 30.6 Å². The highest BCUT2D eigenvalue weighted by Crippen LogP contribution is 2.37. The molecule has 1 aromatic carbocycles. The van der Waals surface area contributed by atoms with Gasteiger partial charge in [0.05, 0.1) is 23.7 Å². The van der Waals surface area contributed by atoms with Gasteiger partial charge in [0.15, 0.2) is 0 Å². The molecule has 1 saturated carbocycles. The van der Waals surface area contributed by atoms with E-state index in [9.17, 15) is 14.4 Å². The van der Waals surface area contributed by atoms with Crippen molar-refractivity contribution in [3.63, 3.8) is 0 Å². The van der Waals surface area contributed by atoms with Crippen molar-refractivity contribution in [2.24, 2.45) is 5.92 Å². The fraction of sp³-hybridized carbons (Fsp3) is 0.500. The molecule has 0 spiro atoms. The van der Waals surface area contributed by atoms with Crippen molar-refractivity contribution in [2.75, 3.05) is 26.2 Å². The molecular formula is C26H32ClN5O4. The number of amides is 3. The molecule has 3 amide bonds. The standard InChI is InChI=1S/C26H32ClN5O4/c1-16(2)21-15-36-22-8-7-19(27)11-20(22)25(34)28-9-3-4-10-32(14-23(33)31-21)26(35)18-12-29-24(30-13-18)17-5-6-17/h7-8,11-13,16-17,21H,3-6,9-10,14-15H2,1-2H3,(H,28,34)(H,31,33)/t21-/m0/s1. The topological polar surface area (TPSA) is 114 Å². The number of nitrogens with one attached hydrogen (secondary N) is 2. The molecule has 1 aromatic heterocycles. The molecule has 4 rings (SSSR count). The van der Waals surface area contributed by atoms with Crippen LogP contribution in [0.1, 0.15) is 72.0 Å². The Kier molecular flexibility index (Phi) is 8.40. The summed E-state index contributed by atoms with van der Waals surface area (Å²) in [4.78, 5) is 49.3. The Labute approximate surface area is 216 Å². The lowest BCUT2D eigenvalue weighted by molar-refractivity contribution is -0.123. The van der Waals surface area contributed by atoms with E-state index >= 15 is 0 Å². The smallest absolute Gasteiger partial charge is 0.257 e. The van der Waals surface area contributed by atoms with Crippen molar-refractivity contribution >= 4 is 29.3 Å². The van der Waals surface area contributed by atoms with Crippen molar-refractivity contribution in [3.8, 4) is 5.75 Å². The summed E-state index contributed by atoms with van der Waals surface area (Å²) in [6, 6.07) is 4.57. The zero-order valence-electron chi connectivity index (χ0n) is 20.6. The first kappa shape index (κ1) is 25.9. The second kappa shape index (κ2) is 11.7. The van der Waals surface area contributed by atoms with Crippen molar-refractivity contribution in [3.05, 3.63) is 52.6 Å². The number of nitrogens with zero attached hydrogens (tertiary/aromatic N) is 3. The lowest BCUT2D eigenvalue weighted by atomic mass is 10.1. The minimum atomic E-state index is -0.327. The molecule has 1 aliphatic heterocycles. The van der Waals surface area contributed by atoms with Crippen molar-refractivity contribution in [1.82, 2.24) is 25.5 Å². The zero-order valence-corrected chi connectivity index (χ0v) is 21.4. The molecule has 2 aromatic rings. The minimum Gasteiger partial charge on any atom is -0.491 e. The van der Waals surface area contributed by atoms with Crippen LogP contribution in [0.25, 0.3) is 0 Å². The number of carbonyl (C=O) groups is 3. The average Bonchev–Trinajstić information content (AvgIpc) is 3.70.